The van der Waals surface area contributed by atoms with Gasteiger partial charge in [0.2, 0.25) is 5.91 Å². The Labute approximate surface area is 219 Å². The van der Waals surface area contributed by atoms with E-state index in [0.29, 0.717) is 34.4 Å². The topological polar surface area (TPSA) is 74.4 Å². The molecule has 0 bridgehead atoms. The average molecular weight is 522 g/mol. The molecule has 4 aromatic rings. The fourth-order valence-corrected chi connectivity index (χ4v) is 4.80. The summed E-state index contributed by atoms with van der Waals surface area (Å²) in [7, 11) is 0. The number of benzene rings is 3. The Hall–Kier alpha value is -3.48. The molecule has 2 N–H and O–H groups in total. The number of carbonyl (C=O) groups excluding carboxylic acids is 2. The number of aromatic amines is 1. The molecule has 0 saturated heterocycles. The summed E-state index contributed by atoms with van der Waals surface area (Å²) >= 11 is 12.3. The number of hydrogen-bond acceptors (Lipinski definition) is 3. The summed E-state index contributed by atoms with van der Waals surface area (Å²) in [6, 6.07) is 19.6. The van der Waals surface area contributed by atoms with Gasteiger partial charge in [0.15, 0.2) is 0 Å². The van der Waals surface area contributed by atoms with Crippen molar-refractivity contribution < 1.29 is 14.3 Å². The summed E-state index contributed by atoms with van der Waals surface area (Å²) in [6.07, 6.45) is 0.201. The highest BCUT2D eigenvalue weighted by atomic mass is 35.5. The van der Waals surface area contributed by atoms with Gasteiger partial charge in [-0.05, 0) is 72.1 Å². The first-order chi connectivity index (χ1) is 17.3. The zero-order chi connectivity index (χ0) is 25.4. The Kier molecular flexibility index (Phi) is 6.65. The minimum atomic E-state index is -0.457. The fourth-order valence-electron chi connectivity index (χ4n) is 4.50. The third kappa shape index (κ3) is 4.79. The van der Waals surface area contributed by atoms with Gasteiger partial charge in [-0.1, -0.05) is 49.2 Å². The van der Waals surface area contributed by atoms with Crippen LogP contribution in [-0.2, 0) is 11.2 Å². The molecular formula is C28H25Cl2N3O3. The molecule has 0 saturated carbocycles. The number of nitrogens with one attached hydrogen (secondary N) is 2. The molecule has 0 aliphatic carbocycles. The number of ether oxygens (including phenoxy) is 1. The second kappa shape index (κ2) is 9.88. The molecule has 8 heteroatoms. The van der Waals surface area contributed by atoms with E-state index in [2.05, 4.69) is 10.3 Å². The minimum absolute atomic E-state index is 0.0524. The van der Waals surface area contributed by atoms with E-state index in [4.69, 9.17) is 27.9 Å². The molecule has 3 aromatic carbocycles. The van der Waals surface area contributed by atoms with Gasteiger partial charge in [0.25, 0.3) is 0 Å². The smallest absolute Gasteiger partial charge is 0.410 e. The van der Waals surface area contributed by atoms with Crippen LogP contribution in [-0.4, -0.2) is 28.4 Å². The predicted octanol–water partition coefficient (Wildman–Crippen LogP) is 7.22. The molecule has 6 nitrogen and oxygen atoms in total. The molecule has 0 spiro atoms. The molecule has 2 heterocycles. The van der Waals surface area contributed by atoms with Crippen LogP contribution in [0.2, 0.25) is 10.0 Å². The monoisotopic (exact) mass is 521 g/mol. The van der Waals surface area contributed by atoms with Gasteiger partial charge in [-0.3, -0.25) is 9.69 Å². The van der Waals surface area contributed by atoms with Crippen molar-refractivity contribution >= 4 is 51.8 Å². The molecule has 1 aromatic heterocycles. The zero-order valence-electron chi connectivity index (χ0n) is 19.8. The summed E-state index contributed by atoms with van der Waals surface area (Å²) in [5, 5.41) is 5.19. The van der Waals surface area contributed by atoms with E-state index >= 15 is 0 Å². The number of anilines is 1. The molecule has 2 amide bonds. The molecular weight excluding hydrogens is 497 g/mol. The number of hydrogen-bond donors (Lipinski definition) is 2. The van der Waals surface area contributed by atoms with E-state index in [1.807, 2.05) is 56.3 Å². The van der Waals surface area contributed by atoms with Gasteiger partial charge >= 0.3 is 6.09 Å². The number of H-pyrrole nitrogens is 1. The lowest BCUT2D eigenvalue weighted by Gasteiger charge is -2.35. The van der Waals surface area contributed by atoms with Gasteiger partial charge in [0.1, 0.15) is 11.8 Å². The largest absolute Gasteiger partial charge is 0.416 e. The average Bonchev–Trinajstić information content (AvgIpc) is 3.23. The standard InChI is InChI=1S/C28H25Cl2N3O3/c1-16(2)27(34)31-20-8-3-17(4-9-20)26-25-22(23-15-19(30)7-12-24(23)32-25)13-14-33(26)28(35)36-21-10-5-18(29)6-11-21/h3-12,15-16,26,32H,13-14H2,1-2H3,(H,31,34). The van der Waals surface area contributed by atoms with E-state index in [-0.39, 0.29) is 11.8 Å². The number of amides is 2. The van der Waals surface area contributed by atoms with Crippen LogP contribution in [0, 0.1) is 5.92 Å². The van der Waals surface area contributed by atoms with Crippen molar-refractivity contribution in [3.8, 4) is 5.75 Å². The van der Waals surface area contributed by atoms with E-state index in [1.165, 1.54) is 0 Å². The van der Waals surface area contributed by atoms with Gasteiger partial charge in [-0.25, -0.2) is 4.79 Å². The lowest BCUT2D eigenvalue weighted by atomic mass is 9.92. The highest BCUT2D eigenvalue weighted by molar-refractivity contribution is 6.31. The van der Waals surface area contributed by atoms with Crippen molar-refractivity contribution in [3.63, 3.8) is 0 Å². The van der Waals surface area contributed by atoms with Crippen LogP contribution in [0.5, 0.6) is 5.75 Å². The van der Waals surface area contributed by atoms with Gasteiger partial charge in [-0.15, -0.1) is 0 Å². The molecule has 1 aliphatic heterocycles. The number of fused-ring (bicyclic) bond motifs is 3. The lowest BCUT2D eigenvalue weighted by Crippen LogP contribution is -2.42. The Morgan fingerprint density at radius 2 is 1.69 bits per heavy atom. The summed E-state index contributed by atoms with van der Waals surface area (Å²) < 4.78 is 5.71. The summed E-state index contributed by atoms with van der Waals surface area (Å²) in [5.41, 5.74) is 4.61. The SMILES string of the molecule is CC(C)C(=O)Nc1ccc(C2c3[nH]c4ccc(Cl)cc4c3CCN2C(=O)Oc2ccc(Cl)cc2)cc1. The maximum atomic E-state index is 13.4. The number of carbonyl (C=O) groups is 2. The molecule has 1 aliphatic rings. The summed E-state index contributed by atoms with van der Waals surface area (Å²) in [4.78, 5) is 30.7. The lowest BCUT2D eigenvalue weighted by molar-refractivity contribution is -0.118. The summed E-state index contributed by atoms with van der Waals surface area (Å²) in [6.45, 7) is 4.16. The van der Waals surface area contributed by atoms with Crippen molar-refractivity contribution in [1.82, 2.24) is 9.88 Å². The highest BCUT2D eigenvalue weighted by Crippen LogP contribution is 2.40. The normalized spacial score (nSPS) is 15.1. The molecule has 5 rings (SSSR count). The Morgan fingerprint density at radius 1 is 1.00 bits per heavy atom. The maximum absolute atomic E-state index is 13.4. The molecule has 0 fully saturated rings. The van der Waals surface area contributed by atoms with E-state index in [1.54, 1.807) is 29.2 Å². The molecule has 184 valence electrons. The molecule has 36 heavy (non-hydrogen) atoms. The van der Waals surface area contributed by atoms with Gasteiger partial charge < -0.3 is 15.0 Å². The third-order valence-electron chi connectivity index (χ3n) is 6.36. The van der Waals surface area contributed by atoms with Gasteiger partial charge in [-0.2, -0.15) is 0 Å². The van der Waals surface area contributed by atoms with E-state index in [9.17, 15) is 9.59 Å². The number of aromatic nitrogens is 1. The Morgan fingerprint density at radius 3 is 2.39 bits per heavy atom. The zero-order valence-corrected chi connectivity index (χ0v) is 21.4. The van der Waals surface area contributed by atoms with Crippen molar-refractivity contribution in [2.75, 3.05) is 11.9 Å². The molecule has 1 unspecified atom stereocenters. The predicted molar refractivity (Wildman–Crippen MR) is 143 cm³/mol. The van der Waals surface area contributed by atoms with Crippen LogP contribution >= 0.6 is 23.2 Å². The van der Waals surface area contributed by atoms with E-state index in [0.717, 1.165) is 27.7 Å². The first-order valence-electron chi connectivity index (χ1n) is 11.7. The number of nitrogens with zero attached hydrogens (tertiary/aromatic N) is 1. The number of halogens is 2. The molecule has 1 atom stereocenters. The first kappa shape index (κ1) is 24.2. The van der Waals surface area contributed by atoms with Crippen molar-refractivity contribution in [3.05, 3.63) is 93.6 Å². The first-order valence-corrected chi connectivity index (χ1v) is 12.5. The Bertz CT molecular complexity index is 1430. The van der Waals surface area contributed by atoms with Crippen molar-refractivity contribution in [2.24, 2.45) is 5.92 Å². The van der Waals surface area contributed by atoms with Crippen molar-refractivity contribution in [2.45, 2.75) is 26.3 Å². The van der Waals surface area contributed by atoms with Gasteiger partial charge in [0.05, 0.1) is 0 Å². The quantitative estimate of drug-likeness (QED) is 0.297. The van der Waals surface area contributed by atoms with Crippen LogP contribution in [0.3, 0.4) is 0 Å². The highest BCUT2D eigenvalue weighted by Gasteiger charge is 2.35. The van der Waals surface area contributed by atoms with Crippen LogP contribution in [0.25, 0.3) is 10.9 Å². The second-order valence-electron chi connectivity index (χ2n) is 9.14. The number of rotatable bonds is 4. The maximum Gasteiger partial charge on any atom is 0.416 e. The fraction of sp³-hybridized carbons (Fsp3) is 0.214. The van der Waals surface area contributed by atoms with Crippen molar-refractivity contribution in [1.29, 1.82) is 0 Å². The Balaban J connectivity index is 1.52. The minimum Gasteiger partial charge on any atom is -0.410 e. The molecule has 0 radical (unpaired) electrons. The third-order valence-corrected chi connectivity index (χ3v) is 6.85. The van der Waals surface area contributed by atoms with Crippen LogP contribution in [0.1, 0.15) is 36.7 Å². The van der Waals surface area contributed by atoms with Crippen LogP contribution in [0.15, 0.2) is 66.7 Å². The van der Waals surface area contributed by atoms with Crippen LogP contribution in [0.4, 0.5) is 10.5 Å². The van der Waals surface area contributed by atoms with E-state index < -0.39 is 12.1 Å². The second-order valence-corrected chi connectivity index (χ2v) is 10.0. The summed E-state index contributed by atoms with van der Waals surface area (Å²) in [5.74, 6) is 0.245. The van der Waals surface area contributed by atoms with Crippen LogP contribution < -0.4 is 10.1 Å². The van der Waals surface area contributed by atoms with Gasteiger partial charge in [0, 0.05) is 44.8 Å².